The standard InChI is InChI=1S/C12H12Cl2N2.2ClH/c13-9-3-1-2-8(6-9)12(16)5-4-11(15)10(14)7-12;;/h1-6H,7,15-16H2;2*1H. The van der Waals surface area contributed by atoms with Gasteiger partial charge in [0.15, 0.2) is 0 Å². The summed E-state index contributed by atoms with van der Waals surface area (Å²) in [5.41, 5.74) is 12.9. The fourth-order valence-corrected chi connectivity index (χ4v) is 2.20. The second-order valence-electron chi connectivity index (χ2n) is 3.92. The van der Waals surface area contributed by atoms with Crippen molar-refractivity contribution in [3.8, 4) is 0 Å². The van der Waals surface area contributed by atoms with Gasteiger partial charge in [0, 0.05) is 22.2 Å². The van der Waals surface area contributed by atoms with Gasteiger partial charge in [-0.15, -0.1) is 24.8 Å². The van der Waals surface area contributed by atoms with Gasteiger partial charge < -0.3 is 11.5 Å². The summed E-state index contributed by atoms with van der Waals surface area (Å²) >= 11 is 12.0. The first-order valence-corrected chi connectivity index (χ1v) is 5.65. The van der Waals surface area contributed by atoms with Crippen LogP contribution in [0.1, 0.15) is 12.0 Å². The van der Waals surface area contributed by atoms with Crippen molar-refractivity contribution in [2.45, 2.75) is 12.0 Å². The van der Waals surface area contributed by atoms with E-state index in [1.165, 1.54) is 0 Å². The van der Waals surface area contributed by atoms with Crippen LogP contribution in [-0.2, 0) is 5.54 Å². The Labute approximate surface area is 129 Å². The second kappa shape index (κ2) is 6.69. The van der Waals surface area contributed by atoms with Crippen molar-refractivity contribution in [3.05, 3.63) is 57.7 Å². The van der Waals surface area contributed by atoms with Gasteiger partial charge in [0.05, 0.1) is 5.54 Å². The van der Waals surface area contributed by atoms with Crippen LogP contribution in [0.15, 0.2) is 47.1 Å². The molecule has 18 heavy (non-hydrogen) atoms. The molecule has 1 aliphatic carbocycles. The number of hydrogen-bond donors (Lipinski definition) is 2. The smallest absolute Gasteiger partial charge is 0.0650 e. The fraction of sp³-hybridized carbons (Fsp3) is 0.167. The van der Waals surface area contributed by atoms with Gasteiger partial charge in [-0.05, 0) is 23.8 Å². The van der Waals surface area contributed by atoms with E-state index in [1.807, 2.05) is 30.3 Å². The highest BCUT2D eigenvalue weighted by Crippen LogP contribution is 2.34. The maximum Gasteiger partial charge on any atom is 0.0650 e. The van der Waals surface area contributed by atoms with Gasteiger partial charge in [-0.3, -0.25) is 0 Å². The fourth-order valence-electron chi connectivity index (χ4n) is 1.72. The molecule has 0 amide bonds. The molecule has 1 atom stereocenters. The molecule has 1 aromatic carbocycles. The van der Waals surface area contributed by atoms with Gasteiger partial charge in [-0.2, -0.15) is 0 Å². The predicted octanol–water partition coefficient (Wildman–Crippen LogP) is 3.71. The first kappa shape index (κ1) is 17.6. The molecule has 0 saturated carbocycles. The van der Waals surface area contributed by atoms with Gasteiger partial charge in [0.2, 0.25) is 0 Å². The Kier molecular flexibility index (Phi) is 6.55. The predicted molar refractivity (Wildman–Crippen MR) is 82.6 cm³/mol. The largest absolute Gasteiger partial charge is 0.398 e. The van der Waals surface area contributed by atoms with Crippen molar-refractivity contribution in [1.29, 1.82) is 0 Å². The molecule has 1 aromatic rings. The summed E-state index contributed by atoms with van der Waals surface area (Å²) in [5, 5.41) is 1.25. The SMILES string of the molecule is Cl.Cl.NC1=C(Cl)CC(N)(c2cccc(Cl)c2)C=C1. The summed E-state index contributed by atoms with van der Waals surface area (Å²) in [7, 11) is 0. The number of allylic oxidation sites excluding steroid dienone is 1. The molecule has 6 heteroatoms. The van der Waals surface area contributed by atoms with Crippen LogP contribution in [-0.4, -0.2) is 0 Å². The third kappa shape index (κ3) is 3.56. The molecule has 1 aliphatic rings. The summed E-state index contributed by atoms with van der Waals surface area (Å²) in [4.78, 5) is 0. The molecule has 0 aromatic heterocycles. The van der Waals surface area contributed by atoms with Crippen LogP contribution in [0.2, 0.25) is 5.02 Å². The zero-order valence-electron chi connectivity index (χ0n) is 9.40. The molecule has 0 fully saturated rings. The normalized spacial score (nSPS) is 22.2. The Hall–Kier alpha value is -0.380. The van der Waals surface area contributed by atoms with Gasteiger partial charge in [0.1, 0.15) is 0 Å². The molecule has 0 radical (unpaired) electrons. The van der Waals surface area contributed by atoms with E-state index in [-0.39, 0.29) is 24.8 Å². The third-order valence-electron chi connectivity index (χ3n) is 2.68. The Morgan fingerprint density at radius 1 is 1.17 bits per heavy atom. The molecule has 0 bridgehead atoms. The molecule has 0 heterocycles. The zero-order chi connectivity index (χ0) is 11.8. The number of hydrogen-bond acceptors (Lipinski definition) is 2. The van der Waals surface area contributed by atoms with E-state index >= 15 is 0 Å². The number of nitrogens with two attached hydrogens (primary N) is 2. The minimum Gasteiger partial charge on any atom is -0.398 e. The molecule has 0 saturated heterocycles. The lowest BCUT2D eigenvalue weighted by atomic mass is 9.84. The topological polar surface area (TPSA) is 52.0 Å². The highest BCUT2D eigenvalue weighted by atomic mass is 35.5. The molecule has 1 unspecified atom stereocenters. The van der Waals surface area contributed by atoms with Crippen molar-refractivity contribution >= 4 is 48.0 Å². The van der Waals surface area contributed by atoms with Crippen LogP contribution in [0.25, 0.3) is 0 Å². The van der Waals surface area contributed by atoms with E-state index in [4.69, 9.17) is 34.7 Å². The number of rotatable bonds is 1. The van der Waals surface area contributed by atoms with E-state index in [0.29, 0.717) is 22.2 Å². The second-order valence-corrected chi connectivity index (χ2v) is 4.81. The summed E-state index contributed by atoms with van der Waals surface area (Å²) in [6.07, 6.45) is 4.10. The maximum atomic E-state index is 6.28. The minimum atomic E-state index is -0.620. The van der Waals surface area contributed by atoms with Gasteiger partial charge in [0.25, 0.3) is 0 Å². The quantitative estimate of drug-likeness (QED) is 0.826. The Morgan fingerprint density at radius 3 is 2.39 bits per heavy atom. The lowest BCUT2D eigenvalue weighted by Gasteiger charge is -2.29. The molecular weight excluding hydrogens is 314 g/mol. The van der Waals surface area contributed by atoms with Gasteiger partial charge in [-0.1, -0.05) is 41.4 Å². The van der Waals surface area contributed by atoms with Crippen LogP contribution < -0.4 is 11.5 Å². The van der Waals surface area contributed by atoms with Crippen molar-refractivity contribution in [3.63, 3.8) is 0 Å². The summed E-state index contributed by atoms with van der Waals surface area (Å²) in [6.45, 7) is 0. The summed E-state index contributed by atoms with van der Waals surface area (Å²) < 4.78 is 0. The Morgan fingerprint density at radius 2 is 1.83 bits per heavy atom. The lowest BCUT2D eigenvalue weighted by Crippen LogP contribution is -2.36. The van der Waals surface area contributed by atoms with E-state index in [0.717, 1.165) is 5.56 Å². The first-order chi connectivity index (χ1) is 7.51. The van der Waals surface area contributed by atoms with Crippen molar-refractivity contribution in [2.24, 2.45) is 11.5 Å². The van der Waals surface area contributed by atoms with Gasteiger partial charge >= 0.3 is 0 Å². The minimum absolute atomic E-state index is 0. The van der Waals surface area contributed by atoms with E-state index < -0.39 is 5.54 Å². The Balaban J connectivity index is 0.00000144. The zero-order valence-corrected chi connectivity index (χ0v) is 12.5. The summed E-state index contributed by atoms with van der Waals surface area (Å²) in [5.74, 6) is 0. The van der Waals surface area contributed by atoms with Crippen molar-refractivity contribution in [1.82, 2.24) is 0 Å². The van der Waals surface area contributed by atoms with E-state index in [9.17, 15) is 0 Å². The lowest BCUT2D eigenvalue weighted by molar-refractivity contribution is 0.556. The van der Waals surface area contributed by atoms with Crippen molar-refractivity contribution < 1.29 is 0 Å². The highest BCUT2D eigenvalue weighted by Gasteiger charge is 2.28. The molecule has 0 spiro atoms. The van der Waals surface area contributed by atoms with Gasteiger partial charge in [-0.25, -0.2) is 0 Å². The van der Waals surface area contributed by atoms with Crippen LogP contribution in [0.4, 0.5) is 0 Å². The molecule has 0 aliphatic heterocycles. The van der Waals surface area contributed by atoms with Crippen LogP contribution in [0.3, 0.4) is 0 Å². The van der Waals surface area contributed by atoms with E-state index in [2.05, 4.69) is 0 Å². The molecule has 4 N–H and O–H groups in total. The first-order valence-electron chi connectivity index (χ1n) is 4.89. The molecule has 2 rings (SSSR count). The maximum absolute atomic E-state index is 6.28. The number of benzene rings is 1. The molecular formula is C12H14Cl4N2. The average molecular weight is 328 g/mol. The van der Waals surface area contributed by atoms with Crippen LogP contribution in [0, 0.1) is 0 Å². The van der Waals surface area contributed by atoms with E-state index in [1.54, 1.807) is 6.08 Å². The molecule has 2 nitrogen and oxygen atoms in total. The van der Waals surface area contributed by atoms with Crippen LogP contribution in [0.5, 0.6) is 0 Å². The number of halogens is 4. The average Bonchev–Trinajstić information content (AvgIpc) is 2.24. The monoisotopic (exact) mass is 326 g/mol. The Bertz CT molecular complexity index is 485. The summed E-state index contributed by atoms with van der Waals surface area (Å²) in [6, 6.07) is 7.46. The highest BCUT2D eigenvalue weighted by molar-refractivity contribution is 6.31. The molecule has 100 valence electrons. The van der Waals surface area contributed by atoms with Crippen LogP contribution >= 0.6 is 48.0 Å². The van der Waals surface area contributed by atoms with Crippen molar-refractivity contribution in [2.75, 3.05) is 0 Å². The third-order valence-corrected chi connectivity index (χ3v) is 3.27.